The van der Waals surface area contributed by atoms with E-state index in [1.54, 1.807) is 12.3 Å². The number of para-hydroxylation sites is 1. The molecule has 0 aliphatic carbocycles. The van der Waals surface area contributed by atoms with Crippen LogP contribution in [0.3, 0.4) is 0 Å². The molecule has 1 N–H and O–H groups in total. The van der Waals surface area contributed by atoms with Gasteiger partial charge in [0.15, 0.2) is 4.77 Å². The molecule has 0 amide bonds. The number of benzene rings is 1. The number of hydrogen-bond acceptors (Lipinski definition) is 3. The lowest BCUT2D eigenvalue weighted by Crippen LogP contribution is -1.98. The maximum Gasteiger partial charge on any atom is 0.178 e. The van der Waals surface area contributed by atoms with Crippen LogP contribution < -0.4 is 0 Å². The van der Waals surface area contributed by atoms with Crippen LogP contribution >= 0.6 is 12.2 Å². The van der Waals surface area contributed by atoms with Crippen molar-refractivity contribution in [3.05, 3.63) is 52.7 Å². The van der Waals surface area contributed by atoms with Gasteiger partial charge < -0.3 is 14.0 Å². The summed E-state index contributed by atoms with van der Waals surface area (Å²) in [6.45, 7) is 0.556. The summed E-state index contributed by atoms with van der Waals surface area (Å²) in [4.78, 5) is 3.07. The zero-order valence-corrected chi connectivity index (χ0v) is 10.2. The van der Waals surface area contributed by atoms with Gasteiger partial charge in [0, 0.05) is 0 Å². The minimum atomic E-state index is 0.556. The minimum absolute atomic E-state index is 0.556. The molecule has 0 fully saturated rings. The second kappa shape index (κ2) is 4.17. The maximum absolute atomic E-state index is 9.06. The molecule has 5 heteroatoms. The van der Waals surface area contributed by atoms with Crippen molar-refractivity contribution in [3.63, 3.8) is 0 Å². The molecule has 3 rings (SSSR count). The van der Waals surface area contributed by atoms with Crippen LogP contribution in [0.5, 0.6) is 0 Å². The van der Waals surface area contributed by atoms with Crippen LogP contribution in [0.1, 0.15) is 11.3 Å². The molecule has 4 nitrogen and oxygen atoms in total. The number of aromatic nitrogens is 2. The first-order valence-electron chi connectivity index (χ1n) is 5.43. The average Bonchev–Trinajstić information content (AvgIpc) is 2.99. The van der Waals surface area contributed by atoms with Crippen LogP contribution in [-0.2, 0) is 6.54 Å². The van der Waals surface area contributed by atoms with Crippen molar-refractivity contribution < 1.29 is 4.42 Å². The fourth-order valence-electron chi connectivity index (χ4n) is 1.99. The van der Waals surface area contributed by atoms with Gasteiger partial charge in [-0.15, -0.1) is 0 Å². The number of fused-ring (bicyclic) bond motifs is 1. The van der Waals surface area contributed by atoms with E-state index >= 15 is 0 Å². The average molecular weight is 255 g/mol. The largest absolute Gasteiger partial charge is 0.467 e. The minimum Gasteiger partial charge on any atom is -0.467 e. The number of nitrogens with zero attached hydrogens (tertiary/aromatic N) is 2. The Morgan fingerprint density at radius 2 is 2.22 bits per heavy atom. The van der Waals surface area contributed by atoms with Gasteiger partial charge in [-0.05, 0) is 36.5 Å². The highest BCUT2D eigenvalue weighted by molar-refractivity contribution is 7.71. The van der Waals surface area contributed by atoms with Crippen LogP contribution in [-0.4, -0.2) is 9.55 Å². The van der Waals surface area contributed by atoms with Crippen molar-refractivity contribution in [1.82, 2.24) is 9.55 Å². The first kappa shape index (κ1) is 10.8. The summed E-state index contributed by atoms with van der Waals surface area (Å²) in [6, 6.07) is 11.4. The molecule has 88 valence electrons. The van der Waals surface area contributed by atoms with Gasteiger partial charge >= 0.3 is 0 Å². The van der Waals surface area contributed by atoms with Crippen LogP contribution in [0.2, 0.25) is 0 Å². The number of rotatable bonds is 2. The molecule has 0 unspecified atom stereocenters. The molecule has 1 aromatic carbocycles. The summed E-state index contributed by atoms with van der Waals surface area (Å²) in [6.07, 6.45) is 1.63. The van der Waals surface area contributed by atoms with E-state index in [4.69, 9.17) is 21.9 Å². The number of nitrogens with one attached hydrogen (secondary N) is 1. The Kier molecular flexibility index (Phi) is 2.50. The molecule has 3 aromatic rings. The van der Waals surface area contributed by atoms with Crippen molar-refractivity contribution in [1.29, 1.82) is 5.26 Å². The Hall–Kier alpha value is -2.32. The fourth-order valence-corrected chi connectivity index (χ4v) is 2.25. The number of hydrogen-bond donors (Lipinski definition) is 1. The Labute approximate surface area is 108 Å². The lowest BCUT2D eigenvalue weighted by Gasteiger charge is -2.01. The van der Waals surface area contributed by atoms with Crippen molar-refractivity contribution in [3.8, 4) is 6.07 Å². The lowest BCUT2D eigenvalue weighted by molar-refractivity contribution is 0.495. The molecular weight excluding hydrogens is 246 g/mol. The third kappa shape index (κ3) is 1.63. The Morgan fingerprint density at radius 3 is 2.94 bits per heavy atom. The van der Waals surface area contributed by atoms with E-state index in [1.807, 2.05) is 28.8 Å². The predicted molar refractivity (Wildman–Crippen MR) is 69.6 cm³/mol. The summed E-state index contributed by atoms with van der Waals surface area (Å²) >= 11 is 5.29. The molecule has 0 aliphatic rings. The van der Waals surface area contributed by atoms with E-state index < -0.39 is 0 Å². The van der Waals surface area contributed by atoms with E-state index in [1.165, 1.54) is 0 Å². The molecule has 2 aromatic heterocycles. The van der Waals surface area contributed by atoms with Crippen LogP contribution in [0, 0.1) is 16.1 Å². The Morgan fingerprint density at radius 1 is 1.33 bits per heavy atom. The Balaban J connectivity index is 2.21. The predicted octanol–water partition coefficient (Wildman–Crippen LogP) is 3.21. The van der Waals surface area contributed by atoms with Crippen molar-refractivity contribution in [2.45, 2.75) is 6.54 Å². The molecule has 0 radical (unpaired) electrons. The summed E-state index contributed by atoms with van der Waals surface area (Å²) < 4.78 is 7.83. The fraction of sp³-hybridized carbons (Fsp3) is 0.0769. The highest BCUT2D eigenvalue weighted by Crippen LogP contribution is 2.19. The third-order valence-corrected chi connectivity index (χ3v) is 3.15. The number of furan rings is 1. The van der Waals surface area contributed by atoms with Gasteiger partial charge in [0.2, 0.25) is 0 Å². The third-order valence-electron chi connectivity index (χ3n) is 2.82. The van der Waals surface area contributed by atoms with Crippen molar-refractivity contribution in [2.75, 3.05) is 0 Å². The van der Waals surface area contributed by atoms with Gasteiger partial charge in [-0.1, -0.05) is 6.07 Å². The van der Waals surface area contributed by atoms with Gasteiger partial charge in [0.25, 0.3) is 0 Å². The zero-order chi connectivity index (χ0) is 12.5. The molecule has 2 heterocycles. The van der Waals surface area contributed by atoms with Gasteiger partial charge in [0.05, 0.1) is 29.4 Å². The van der Waals surface area contributed by atoms with E-state index in [0.29, 0.717) is 16.9 Å². The highest BCUT2D eigenvalue weighted by atomic mass is 32.1. The molecule has 0 atom stereocenters. The topological polar surface area (TPSA) is 57.6 Å². The smallest absolute Gasteiger partial charge is 0.178 e. The summed E-state index contributed by atoms with van der Waals surface area (Å²) in [7, 11) is 0. The highest BCUT2D eigenvalue weighted by Gasteiger charge is 2.09. The zero-order valence-electron chi connectivity index (χ0n) is 9.38. The second-order valence-electron chi connectivity index (χ2n) is 3.91. The molecule has 0 saturated heterocycles. The van der Waals surface area contributed by atoms with Crippen LogP contribution in [0.15, 0.2) is 41.0 Å². The van der Waals surface area contributed by atoms with Gasteiger partial charge in [-0.25, -0.2) is 0 Å². The number of aromatic amines is 1. The second-order valence-corrected chi connectivity index (χ2v) is 4.29. The molecule has 0 spiro atoms. The van der Waals surface area contributed by atoms with E-state index in [-0.39, 0.29) is 0 Å². The summed E-state index contributed by atoms with van der Waals surface area (Å²) in [5.41, 5.74) is 2.28. The number of imidazole rings is 1. The molecular formula is C13H9N3OS. The first-order valence-corrected chi connectivity index (χ1v) is 5.84. The van der Waals surface area contributed by atoms with Gasteiger partial charge in [-0.3, -0.25) is 0 Å². The normalized spacial score (nSPS) is 10.6. The maximum atomic E-state index is 9.06. The summed E-state index contributed by atoms with van der Waals surface area (Å²) in [5.74, 6) is 0.828. The van der Waals surface area contributed by atoms with Gasteiger partial charge in [-0.2, -0.15) is 5.26 Å². The summed E-state index contributed by atoms with van der Waals surface area (Å²) in [5, 5.41) is 9.06. The number of nitriles is 1. The molecule has 0 saturated carbocycles. The molecule has 18 heavy (non-hydrogen) atoms. The van der Waals surface area contributed by atoms with E-state index in [0.717, 1.165) is 16.8 Å². The van der Waals surface area contributed by atoms with Crippen LogP contribution in [0.25, 0.3) is 11.0 Å². The van der Waals surface area contributed by atoms with E-state index in [9.17, 15) is 0 Å². The SMILES string of the molecule is N#Cc1cccc2c1[nH]c(=S)n2Cc1ccco1. The van der Waals surface area contributed by atoms with Gasteiger partial charge in [0.1, 0.15) is 11.8 Å². The standard InChI is InChI=1S/C13H9N3OS/c14-7-9-3-1-5-11-12(9)15-13(18)16(11)8-10-4-2-6-17-10/h1-6H,8H2,(H,15,18). The molecule has 0 bridgehead atoms. The lowest BCUT2D eigenvalue weighted by atomic mass is 10.2. The Bertz CT molecular complexity index is 790. The monoisotopic (exact) mass is 255 g/mol. The molecule has 0 aliphatic heterocycles. The first-order chi connectivity index (χ1) is 8.79. The van der Waals surface area contributed by atoms with Crippen molar-refractivity contribution in [2.24, 2.45) is 0 Å². The van der Waals surface area contributed by atoms with E-state index in [2.05, 4.69) is 11.1 Å². The van der Waals surface area contributed by atoms with Crippen molar-refractivity contribution >= 4 is 23.3 Å². The quantitative estimate of drug-likeness (QED) is 0.715. The van der Waals surface area contributed by atoms with Crippen LogP contribution in [0.4, 0.5) is 0 Å². The number of H-pyrrole nitrogens is 1.